The summed E-state index contributed by atoms with van der Waals surface area (Å²) in [7, 11) is 1.89. The van der Waals surface area contributed by atoms with Crippen molar-refractivity contribution >= 4 is 5.91 Å². The monoisotopic (exact) mass is 273 g/mol. The van der Waals surface area contributed by atoms with E-state index in [1.165, 1.54) is 12.0 Å². The fraction of sp³-hybridized carbons (Fsp3) is 0.588. The fourth-order valence-corrected chi connectivity index (χ4v) is 3.34. The van der Waals surface area contributed by atoms with Crippen molar-refractivity contribution in [3.05, 3.63) is 29.8 Å². The molecule has 0 saturated heterocycles. The molecule has 0 bridgehead atoms. The van der Waals surface area contributed by atoms with Crippen LogP contribution in [-0.2, 0) is 4.79 Å². The summed E-state index contributed by atoms with van der Waals surface area (Å²) >= 11 is 0. The molecule has 1 aromatic carbocycles. The highest BCUT2D eigenvalue weighted by Gasteiger charge is 2.48. The van der Waals surface area contributed by atoms with E-state index in [1.54, 1.807) is 0 Å². The molecule has 3 nitrogen and oxygen atoms in total. The molecule has 108 valence electrons. The lowest BCUT2D eigenvalue weighted by molar-refractivity contribution is -0.134. The summed E-state index contributed by atoms with van der Waals surface area (Å²) in [4.78, 5) is 14.1. The van der Waals surface area contributed by atoms with Gasteiger partial charge in [-0.15, -0.1) is 0 Å². The lowest BCUT2D eigenvalue weighted by atomic mass is 10.0. The third-order valence-corrected chi connectivity index (χ3v) is 4.65. The minimum atomic E-state index is 0.280. The second-order valence-corrected chi connectivity index (χ2v) is 6.35. The summed E-state index contributed by atoms with van der Waals surface area (Å²) in [6.45, 7) is 3.28. The molecule has 0 heterocycles. The van der Waals surface area contributed by atoms with Crippen molar-refractivity contribution in [2.75, 3.05) is 20.2 Å². The van der Waals surface area contributed by atoms with Gasteiger partial charge in [0.05, 0.1) is 6.54 Å². The summed E-state index contributed by atoms with van der Waals surface area (Å²) in [6.07, 6.45) is 3.60. The molecule has 2 aliphatic rings. The molecule has 0 spiro atoms. The van der Waals surface area contributed by atoms with E-state index in [0.29, 0.717) is 19.1 Å². The molecular weight excluding hydrogens is 250 g/mol. The molecule has 0 radical (unpaired) electrons. The molecule has 2 unspecified atom stereocenters. The fourth-order valence-electron chi connectivity index (χ4n) is 3.34. The molecule has 0 N–H and O–H groups in total. The maximum atomic E-state index is 12.3. The summed E-state index contributed by atoms with van der Waals surface area (Å²) in [5.41, 5.74) is 1.19. The van der Waals surface area contributed by atoms with Crippen LogP contribution in [0.5, 0.6) is 5.75 Å². The van der Waals surface area contributed by atoms with E-state index in [1.807, 2.05) is 43.1 Å². The number of amides is 1. The highest BCUT2D eigenvalue weighted by atomic mass is 16.5. The number of carbonyl (C=O) groups is 1. The first-order chi connectivity index (χ1) is 9.63. The zero-order valence-electron chi connectivity index (χ0n) is 12.3. The standard InChI is InChI=1S/C17H23NO2/c1-12-4-3-5-16(8-12)20-7-6-18(2)17(19)15-10-13-9-14(13)11-15/h3-5,8,13-15H,6-7,9-11H2,1-2H3. The van der Waals surface area contributed by atoms with Crippen LogP contribution in [0.2, 0.25) is 0 Å². The van der Waals surface area contributed by atoms with E-state index >= 15 is 0 Å². The van der Waals surface area contributed by atoms with Gasteiger partial charge in [0.15, 0.2) is 0 Å². The number of likely N-dealkylation sites (N-methyl/N-ethyl adjacent to an activating group) is 1. The Morgan fingerprint density at radius 1 is 1.30 bits per heavy atom. The van der Waals surface area contributed by atoms with E-state index < -0.39 is 0 Å². The smallest absolute Gasteiger partial charge is 0.225 e. The Hall–Kier alpha value is -1.51. The molecule has 20 heavy (non-hydrogen) atoms. The zero-order chi connectivity index (χ0) is 14.1. The largest absolute Gasteiger partial charge is 0.492 e. The van der Waals surface area contributed by atoms with Gasteiger partial charge in [-0.2, -0.15) is 0 Å². The number of ether oxygens (including phenoxy) is 1. The zero-order valence-corrected chi connectivity index (χ0v) is 12.3. The topological polar surface area (TPSA) is 29.5 Å². The lowest BCUT2D eigenvalue weighted by Gasteiger charge is -2.22. The normalized spacial score (nSPS) is 27.0. The molecule has 1 aromatic rings. The molecular formula is C17H23NO2. The Morgan fingerprint density at radius 3 is 2.75 bits per heavy atom. The highest BCUT2D eigenvalue weighted by molar-refractivity contribution is 5.79. The Labute approximate surface area is 120 Å². The van der Waals surface area contributed by atoms with Crippen LogP contribution in [0.4, 0.5) is 0 Å². The van der Waals surface area contributed by atoms with Gasteiger partial charge in [0, 0.05) is 13.0 Å². The molecule has 2 atom stereocenters. The Bertz CT molecular complexity index is 490. The second kappa shape index (κ2) is 5.47. The third-order valence-electron chi connectivity index (χ3n) is 4.65. The number of carbonyl (C=O) groups excluding carboxylic acids is 1. The molecule has 0 aliphatic heterocycles. The molecule has 0 aromatic heterocycles. The van der Waals surface area contributed by atoms with E-state index in [9.17, 15) is 4.79 Å². The van der Waals surface area contributed by atoms with E-state index in [2.05, 4.69) is 0 Å². The van der Waals surface area contributed by atoms with Crippen molar-refractivity contribution in [3.63, 3.8) is 0 Å². The van der Waals surface area contributed by atoms with Crippen LogP contribution in [-0.4, -0.2) is 31.0 Å². The summed E-state index contributed by atoms with van der Waals surface area (Å²) in [5.74, 6) is 3.20. The SMILES string of the molecule is Cc1cccc(OCCN(C)C(=O)C2CC3CC3C2)c1. The van der Waals surface area contributed by atoms with Crippen molar-refractivity contribution in [3.8, 4) is 5.75 Å². The predicted octanol–water partition coefficient (Wildman–Crippen LogP) is 2.88. The van der Waals surface area contributed by atoms with Crippen molar-refractivity contribution in [2.45, 2.75) is 26.2 Å². The van der Waals surface area contributed by atoms with E-state index in [4.69, 9.17) is 4.74 Å². The number of aryl methyl sites for hydroxylation is 1. The van der Waals surface area contributed by atoms with E-state index in [-0.39, 0.29) is 5.92 Å². The number of benzene rings is 1. The van der Waals surface area contributed by atoms with Gasteiger partial charge in [0.2, 0.25) is 5.91 Å². The Balaban J connectivity index is 1.42. The van der Waals surface area contributed by atoms with Crippen molar-refractivity contribution in [2.24, 2.45) is 17.8 Å². The van der Waals surface area contributed by atoms with Crippen molar-refractivity contribution in [1.29, 1.82) is 0 Å². The van der Waals surface area contributed by atoms with Crippen molar-refractivity contribution < 1.29 is 9.53 Å². The number of nitrogens with zero attached hydrogens (tertiary/aromatic N) is 1. The van der Waals surface area contributed by atoms with Crippen LogP contribution in [0.15, 0.2) is 24.3 Å². The summed E-state index contributed by atoms with van der Waals surface area (Å²) in [6, 6.07) is 8.02. The molecule has 2 aliphatic carbocycles. The highest BCUT2D eigenvalue weighted by Crippen LogP contribution is 2.54. The van der Waals surface area contributed by atoms with Gasteiger partial charge >= 0.3 is 0 Å². The van der Waals surface area contributed by atoms with Gasteiger partial charge in [0.25, 0.3) is 0 Å². The average molecular weight is 273 g/mol. The van der Waals surface area contributed by atoms with Gasteiger partial charge in [-0.25, -0.2) is 0 Å². The van der Waals surface area contributed by atoms with Gasteiger partial charge in [-0.05, 0) is 55.7 Å². The molecule has 3 rings (SSSR count). The van der Waals surface area contributed by atoms with Crippen LogP contribution >= 0.6 is 0 Å². The average Bonchev–Trinajstić information content (AvgIpc) is 3.04. The summed E-state index contributed by atoms with van der Waals surface area (Å²) in [5, 5.41) is 0. The summed E-state index contributed by atoms with van der Waals surface area (Å²) < 4.78 is 5.71. The lowest BCUT2D eigenvalue weighted by Crippen LogP contribution is -2.35. The predicted molar refractivity (Wildman–Crippen MR) is 78.6 cm³/mol. The molecule has 3 heteroatoms. The van der Waals surface area contributed by atoms with Crippen LogP contribution < -0.4 is 4.74 Å². The molecule has 2 fully saturated rings. The van der Waals surface area contributed by atoms with Gasteiger partial charge in [0.1, 0.15) is 12.4 Å². The van der Waals surface area contributed by atoms with E-state index in [0.717, 1.165) is 30.4 Å². The first kappa shape index (κ1) is 13.5. The first-order valence-electron chi connectivity index (χ1n) is 7.58. The van der Waals surface area contributed by atoms with Gasteiger partial charge in [-0.1, -0.05) is 12.1 Å². The van der Waals surface area contributed by atoms with Gasteiger partial charge < -0.3 is 9.64 Å². The van der Waals surface area contributed by atoms with Crippen LogP contribution in [0.25, 0.3) is 0 Å². The third kappa shape index (κ3) is 2.97. The quantitative estimate of drug-likeness (QED) is 0.825. The Kier molecular flexibility index (Phi) is 3.68. The maximum absolute atomic E-state index is 12.3. The van der Waals surface area contributed by atoms with Crippen LogP contribution in [0.3, 0.4) is 0 Å². The minimum absolute atomic E-state index is 0.280. The van der Waals surface area contributed by atoms with Crippen LogP contribution in [0, 0.1) is 24.7 Å². The first-order valence-corrected chi connectivity index (χ1v) is 7.58. The van der Waals surface area contributed by atoms with Crippen LogP contribution in [0.1, 0.15) is 24.8 Å². The number of hydrogen-bond acceptors (Lipinski definition) is 2. The molecule has 2 saturated carbocycles. The second-order valence-electron chi connectivity index (χ2n) is 6.35. The van der Waals surface area contributed by atoms with Gasteiger partial charge in [-0.3, -0.25) is 4.79 Å². The number of hydrogen-bond donors (Lipinski definition) is 0. The number of fused-ring (bicyclic) bond motifs is 1. The van der Waals surface area contributed by atoms with Crippen molar-refractivity contribution in [1.82, 2.24) is 4.90 Å². The minimum Gasteiger partial charge on any atom is -0.492 e. The molecule has 1 amide bonds. The number of rotatable bonds is 5. The maximum Gasteiger partial charge on any atom is 0.225 e. The Morgan fingerprint density at radius 2 is 2.05 bits per heavy atom.